The molecule has 1 amide bonds. The first kappa shape index (κ1) is 12.4. The predicted octanol–water partition coefficient (Wildman–Crippen LogP) is 0.988. The summed E-state index contributed by atoms with van der Waals surface area (Å²) in [6, 6.07) is 0. The van der Waals surface area contributed by atoms with Gasteiger partial charge in [-0.3, -0.25) is 9.59 Å². The van der Waals surface area contributed by atoms with E-state index in [9.17, 15) is 9.59 Å². The highest BCUT2D eigenvalue weighted by molar-refractivity contribution is 5.93. The second-order valence-electron chi connectivity index (χ2n) is 3.59. The van der Waals surface area contributed by atoms with Crippen LogP contribution < -0.4 is 5.73 Å². The monoisotopic (exact) mass is 224 g/mol. The number of primary amides is 1. The number of hydrogen-bond acceptors (Lipinski definition) is 4. The van der Waals surface area contributed by atoms with Crippen molar-refractivity contribution in [3.63, 3.8) is 0 Å². The Bertz CT molecular complexity index is 373. The molecule has 0 aliphatic carbocycles. The average Bonchev–Trinajstić information content (AvgIpc) is 2.73. The van der Waals surface area contributed by atoms with E-state index in [1.807, 2.05) is 0 Å². The normalized spacial score (nSPS) is 10.3. The van der Waals surface area contributed by atoms with Crippen molar-refractivity contribution in [3.8, 4) is 0 Å². The van der Waals surface area contributed by atoms with Crippen LogP contribution in [0.2, 0.25) is 0 Å². The van der Waals surface area contributed by atoms with E-state index in [-0.39, 0.29) is 11.7 Å². The summed E-state index contributed by atoms with van der Waals surface area (Å²) in [5, 5.41) is 7.00. The van der Waals surface area contributed by atoms with E-state index in [0.29, 0.717) is 6.42 Å². The van der Waals surface area contributed by atoms with E-state index in [4.69, 9.17) is 5.73 Å². The zero-order valence-corrected chi connectivity index (χ0v) is 9.35. The Morgan fingerprint density at radius 3 is 2.75 bits per heavy atom. The fourth-order valence-corrected chi connectivity index (χ4v) is 1.41. The molecule has 1 aromatic rings. The van der Waals surface area contributed by atoms with E-state index in [1.165, 1.54) is 6.33 Å². The molecule has 0 atom stereocenters. The lowest BCUT2D eigenvalue weighted by atomic mass is 10.1. The van der Waals surface area contributed by atoms with Crippen molar-refractivity contribution in [3.05, 3.63) is 12.2 Å². The number of nitrogens with two attached hydrogens (primary N) is 1. The molecule has 88 valence electrons. The summed E-state index contributed by atoms with van der Waals surface area (Å²) in [6.07, 6.45) is 5.66. The third kappa shape index (κ3) is 3.15. The van der Waals surface area contributed by atoms with E-state index < -0.39 is 5.91 Å². The van der Waals surface area contributed by atoms with Gasteiger partial charge in [0.15, 0.2) is 0 Å². The largest absolute Gasteiger partial charge is 0.363 e. The summed E-state index contributed by atoms with van der Waals surface area (Å²) < 4.78 is 1.12. The van der Waals surface area contributed by atoms with Crippen molar-refractivity contribution in [1.29, 1.82) is 0 Å². The fraction of sp³-hybridized carbons (Fsp3) is 0.600. The molecule has 6 heteroatoms. The van der Waals surface area contributed by atoms with Gasteiger partial charge in [-0.15, -0.1) is 10.2 Å². The average molecular weight is 224 g/mol. The topological polar surface area (TPSA) is 90.9 Å². The molecule has 0 saturated heterocycles. The van der Waals surface area contributed by atoms with Crippen molar-refractivity contribution in [2.24, 2.45) is 5.73 Å². The van der Waals surface area contributed by atoms with Crippen LogP contribution >= 0.6 is 0 Å². The Labute approximate surface area is 93.8 Å². The molecule has 0 aliphatic rings. The quantitative estimate of drug-likeness (QED) is 0.729. The Balaban J connectivity index is 2.53. The highest BCUT2D eigenvalue weighted by atomic mass is 16.2. The van der Waals surface area contributed by atoms with Crippen LogP contribution in [0.3, 0.4) is 0 Å². The molecule has 0 saturated carbocycles. The van der Waals surface area contributed by atoms with Gasteiger partial charge in [-0.2, -0.15) is 0 Å². The molecule has 1 rings (SSSR count). The van der Waals surface area contributed by atoms with E-state index in [1.54, 1.807) is 0 Å². The van der Waals surface area contributed by atoms with Crippen molar-refractivity contribution in [2.75, 3.05) is 0 Å². The molecule has 2 N–H and O–H groups in total. The van der Waals surface area contributed by atoms with Crippen LogP contribution in [0.4, 0.5) is 0 Å². The summed E-state index contributed by atoms with van der Waals surface area (Å²) in [5.41, 5.74) is 5.06. The number of rotatable bonds is 6. The van der Waals surface area contributed by atoms with E-state index in [0.717, 1.165) is 30.3 Å². The first-order valence-electron chi connectivity index (χ1n) is 5.39. The molecule has 0 aromatic carbocycles. The smallest absolute Gasteiger partial charge is 0.287 e. The molecular weight excluding hydrogens is 208 g/mol. The minimum Gasteiger partial charge on any atom is -0.363 e. The molecule has 6 nitrogen and oxygen atoms in total. The highest BCUT2D eigenvalue weighted by Crippen LogP contribution is 2.05. The van der Waals surface area contributed by atoms with Crippen molar-refractivity contribution in [1.82, 2.24) is 14.8 Å². The molecule has 1 aromatic heterocycles. The van der Waals surface area contributed by atoms with E-state index >= 15 is 0 Å². The van der Waals surface area contributed by atoms with Gasteiger partial charge in [0.05, 0.1) is 0 Å². The first-order valence-corrected chi connectivity index (χ1v) is 5.39. The number of amides is 1. The number of carbonyl (C=O) groups is 2. The minimum absolute atomic E-state index is 0.0968. The van der Waals surface area contributed by atoms with Crippen molar-refractivity contribution in [2.45, 2.75) is 39.0 Å². The number of hydrogen-bond donors (Lipinski definition) is 1. The third-order valence-corrected chi connectivity index (χ3v) is 2.28. The van der Waals surface area contributed by atoms with Gasteiger partial charge in [-0.1, -0.05) is 26.2 Å². The van der Waals surface area contributed by atoms with Gasteiger partial charge < -0.3 is 5.73 Å². The Kier molecular flexibility index (Phi) is 4.63. The van der Waals surface area contributed by atoms with Crippen LogP contribution in [0.25, 0.3) is 0 Å². The zero-order valence-electron chi connectivity index (χ0n) is 9.35. The number of aromatic nitrogens is 3. The van der Waals surface area contributed by atoms with Crippen LogP contribution in [0, 0.1) is 0 Å². The van der Waals surface area contributed by atoms with Crippen LogP contribution in [0.15, 0.2) is 6.33 Å². The van der Waals surface area contributed by atoms with Crippen LogP contribution in [0.5, 0.6) is 0 Å². The van der Waals surface area contributed by atoms with Crippen LogP contribution in [-0.4, -0.2) is 26.6 Å². The van der Waals surface area contributed by atoms with Gasteiger partial charge in [0.2, 0.25) is 11.7 Å². The number of nitrogens with zero attached hydrogens (tertiary/aromatic N) is 3. The van der Waals surface area contributed by atoms with Gasteiger partial charge in [0, 0.05) is 6.42 Å². The maximum Gasteiger partial charge on any atom is 0.287 e. The summed E-state index contributed by atoms with van der Waals surface area (Å²) >= 11 is 0. The van der Waals surface area contributed by atoms with Crippen molar-refractivity contribution >= 4 is 11.8 Å². The Morgan fingerprint density at radius 1 is 1.38 bits per heavy atom. The molecule has 0 spiro atoms. The van der Waals surface area contributed by atoms with Gasteiger partial charge in [-0.05, 0) is 6.42 Å². The van der Waals surface area contributed by atoms with Crippen LogP contribution in [-0.2, 0) is 0 Å². The molecule has 0 fully saturated rings. The Morgan fingerprint density at radius 2 is 2.12 bits per heavy atom. The number of unbranched alkanes of at least 4 members (excludes halogenated alkanes) is 3. The fourth-order valence-electron chi connectivity index (χ4n) is 1.41. The SMILES string of the molecule is CCCCCCC(=O)n1cnnc1C(N)=O. The first-order chi connectivity index (χ1) is 7.66. The van der Waals surface area contributed by atoms with Gasteiger partial charge in [0.1, 0.15) is 6.33 Å². The lowest BCUT2D eigenvalue weighted by Crippen LogP contribution is -2.22. The van der Waals surface area contributed by atoms with Gasteiger partial charge in [0.25, 0.3) is 5.91 Å². The molecule has 1 heterocycles. The maximum absolute atomic E-state index is 11.7. The summed E-state index contributed by atoms with van der Waals surface area (Å²) in [4.78, 5) is 22.6. The molecule has 0 radical (unpaired) electrons. The predicted molar refractivity (Wildman–Crippen MR) is 57.9 cm³/mol. The van der Waals surface area contributed by atoms with Gasteiger partial charge >= 0.3 is 0 Å². The second kappa shape index (κ2) is 5.99. The zero-order chi connectivity index (χ0) is 12.0. The lowest BCUT2D eigenvalue weighted by molar-refractivity contribution is 0.0872. The van der Waals surface area contributed by atoms with Crippen molar-refractivity contribution < 1.29 is 9.59 Å². The minimum atomic E-state index is -0.737. The summed E-state index contributed by atoms with van der Waals surface area (Å²) in [6.45, 7) is 2.10. The second-order valence-corrected chi connectivity index (χ2v) is 3.59. The third-order valence-electron chi connectivity index (χ3n) is 2.28. The summed E-state index contributed by atoms with van der Waals surface area (Å²) in [5.74, 6) is -1.02. The highest BCUT2D eigenvalue weighted by Gasteiger charge is 2.15. The van der Waals surface area contributed by atoms with Crippen LogP contribution in [0.1, 0.15) is 54.4 Å². The van der Waals surface area contributed by atoms with Gasteiger partial charge in [-0.25, -0.2) is 4.57 Å². The van der Waals surface area contributed by atoms with E-state index in [2.05, 4.69) is 17.1 Å². The molecule has 16 heavy (non-hydrogen) atoms. The molecule has 0 aliphatic heterocycles. The summed E-state index contributed by atoms with van der Waals surface area (Å²) in [7, 11) is 0. The maximum atomic E-state index is 11.7. The molecular formula is C10H16N4O2. The number of carbonyl (C=O) groups excluding carboxylic acids is 2. The molecule has 0 bridgehead atoms. The standard InChI is InChI=1S/C10H16N4O2/c1-2-3-4-5-6-8(15)14-7-12-13-10(14)9(11)16/h7H,2-6H2,1H3,(H2,11,16). The molecule has 0 unspecified atom stereocenters. The Hall–Kier alpha value is -1.72. The lowest BCUT2D eigenvalue weighted by Gasteiger charge is -2.02.